The molecule has 94 valence electrons. The molecule has 1 aromatic carbocycles. The lowest BCUT2D eigenvalue weighted by Gasteiger charge is -2.03. The van der Waals surface area contributed by atoms with Gasteiger partial charge in [0.1, 0.15) is 0 Å². The fourth-order valence-electron chi connectivity index (χ4n) is 1.33. The van der Waals surface area contributed by atoms with Crippen LogP contribution < -0.4 is 5.73 Å². The third-order valence-corrected chi connectivity index (χ3v) is 2.12. The van der Waals surface area contributed by atoms with Crippen LogP contribution in [0.4, 0.5) is 5.69 Å². The Morgan fingerprint density at radius 3 is 2.67 bits per heavy atom. The van der Waals surface area contributed by atoms with Crippen molar-refractivity contribution in [1.82, 2.24) is 20.2 Å². The third-order valence-electron chi connectivity index (χ3n) is 2.12. The Kier molecular flexibility index (Phi) is 2.72. The molecule has 2 aromatic rings. The highest BCUT2D eigenvalue weighted by molar-refractivity contribution is 5.75. The first kappa shape index (κ1) is 11.6. The number of aromatic hydroxyl groups is 2. The summed E-state index contributed by atoms with van der Waals surface area (Å²) in [5, 5.41) is 38.1. The number of tetrazole rings is 1. The summed E-state index contributed by atoms with van der Waals surface area (Å²) in [6.45, 7) is -0.434. The predicted molar refractivity (Wildman–Crippen MR) is 58.6 cm³/mol. The highest BCUT2D eigenvalue weighted by Crippen LogP contribution is 2.34. The first-order valence-corrected chi connectivity index (χ1v) is 4.79. The van der Waals surface area contributed by atoms with E-state index in [1.165, 1.54) is 6.07 Å². The number of carboxylic acid groups (broad SMARTS) is 1. The van der Waals surface area contributed by atoms with E-state index in [1.807, 2.05) is 0 Å². The van der Waals surface area contributed by atoms with E-state index in [4.69, 9.17) is 10.8 Å². The largest absolute Gasteiger partial charge is 0.504 e. The zero-order valence-electron chi connectivity index (χ0n) is 8.98. The number of phenols is 2. The van der Waals surface area contributed by atoms with Gasteiger partial charge < -0.3 is 21.1 Å². The second-order valence-electron chi connectivity index (χ2n) is 3.47. The summed E-state index contributed by atoms with van der Waals surface area (Å²) in [5.41, 5.74) is 6.02. The topological polar surface area (TPSA) is 147 Å². The Bertz CT molecular complexity index is 609. The van der Waals surface area contributed by atoms with Crippen LogP contribution in [0, 0.1) is 0 Å². The predicted octanol–water partition coefficient (Wildman–Crippen LogP) is -0.582. The molecule has 0 atom stereocenters. The molecule has 0 amide bonds. The van der Waals surface area contributed by atoms with Gasteiger partial charge in [0.05, 0.1) is 0 Å². The minimum Gasteiger partial charge on any atom is -0.504 e. The molecule has 5 N–H and O–H groups in total. The first-order valence-electron chi connectivity index (χ1n) is 4.79. The van der Waals surface area contributed by atoms with Gasteiger partial charge in [-0.3, -0.25) is 4.79 Å². The number of nitrogen functional groups attached to an aromatic ring is 1. The Balaban J connectivity index is 2.40. The standard InChI is InChI=1S/C9H9N5O4/c10-5-2-7(16)6(15)1-4(5)9-11-13-14(12-9)3-8(17)18/h1-2,15-16H,3,10H2,(H,17,18). The Labute approximate surface area is 100 Å². The SMILES string of the molecule is Nc1cc(O)c(O)cc1-c1nnn(CC(=O)O)n1. The Morgan fingerprint density at radius 1 is 1.33 bits per heavy atom. The molecule has 0 saturated carbocycles. The van der Waals surface area contributed by atoms with Crippen LogP contribution in [0.2, 0.25) is 0 Å². The van der Waals surface area contributed by atoms with E-state index in [1.54, 1.807) is 0 Å². The van der Waals surface area contributed by atoms with Gasteiger partial charge in [-0.15, -0.1) is 10.2 Å². The molecule has 1 aromatic heterocycles. The lowest BCUT2D eigenvalue weighted by Crippen LogP contribution is -2.11. The molecule has 0 aliphatic carbocycles. The van der Waals surface area contributed by atoms with Crippen molar-refractivity contribution in [1.29, 1.82) is 0 Å². The number of hydrogen-bond acceptors (Lipinski definition) is 7. The maximum absolute atomic E-state index is 10.5. The van der Waals surface area contributed by atoms with Crippen LogP contribution >= 0.6 is 0 Å². The van der Waals surface area contributed by atoms with E-state index in [9.17, 15) is 15.0 Å². The van der Waals surface area contributed by atoms with Gasteiger partial charge in [0.25, 0.3) is 0 Å². The molecule has 0 radical (unpaired) electrons. The zero-order chi connectivity index (χ0) is 13.3. The first-order chi connectivity index (χ1) is 8.47. The molecule has 1 heterocycles. The molecular formula is C9H9N5O4. The number of rotatable bonds is 3. The van der Waals surface area contributed by atoms with E-state index in [2.05, 4.69) is 15.4 Å². The van der Waals surface area contributed by atoms with Gasteiger partial charge in [-0.05, 0) is 11.3 Å². The second-order valence-corrected chi connectivity index (χ2v) is 3.47. The molecule has 0 saturated heterocycles. The van der Waals surface area contributed by atoms with E-state index in [-0.39, 0.29) is 28.6 Å². The highest BCUT2D eigenvalue weighted by atomic mass is 16.4. The van der Waals surface area contributed by atoms with Crippen molar-refractivity contribution < 1.29 is 20.1 Å². The molecule has 0 aliphatic rings. The van der Waals surface area contributed by atoms with E-state index in [0.717, 1.165) is 10.9 Å². The molecule has 18 heavy (non-hydrogen) atoms. The summed E-state index contributed by atoms with van der Waals surface area (Å²) >= 11 is 0. The van der Waals surface area contributed by atoms with Crippen LogP contribution in [-0.4, -0.2) is 41.5 Å². The van der Waals surface area contributed by atoms with E-state index < -0.39 is 12.5 Å². The van der Waals surface area contributed by atoms with Crippen molar-refractivity contribution in [2.75, 3.05) is 5.73 Å². The van der Waals surface area contributed by atoms with Crippen molar-refractivity contribution in [3.8, 4) is 22.9 Å². The van der Waals surface area contributed by atoms with Crippen LogP contribution in [0.3, 0.4) is 0 Å². The molecular weight excluding hydrogens is 242 g/mol. The van der Waals surface area contributed by atoms with Crippen LogP contribution in [-0.2, 0) is 11.3 Å². The summed E-state index contributed by atoms with van der Waals surface area (Å²) in [4.78, 5) is 11.3. The van der Waals surface area contributed by atoms with E-state index >= 15 is 0 Å². The maximum Gasteiger partial charge on any atom is 0.327 e. The van der Waals surface area contributed by atoms with Crippen LogP contribution in [0.5, 0.6) is 11.5 Å². The van der Waals surface area contributed by atoms with Gasteiger partial charge in [0.15, 0.2) is 18.0 Å². The van der Waals surface area contributed by atoms with Crippen molar-refractivity contribution in [3.05, 3.63) is 12.1 Å². The van der Waals surface area contributed by atoms with Gasteiger partial charge >= 0.3 is 5.97 Å². The maximum atomic E-state index is 10.5. The van der Waals surface area contributed by atoms with Crippen molar-refractivity contribution in [2.24, 2.45) is 0 Å². The van der Waals surface area contributed by atoms with Crippen molar-refractivity contribution >= 4 is 11.7 Å². The molecule has 0 bridgehead atoms. The fourth-order valence-corrected chi connectivity index (χ4v) is 1.33. The summed E-state index contributed by atoms with van der Waals surface area (Å²) in [6.07, 6.45) is 0. The monoisotopic (exact) mass is 251 g/mol. The highest BCUT2D eigenvalue weighted by Gasteiger charge is 2.14. The Hall–Kier alpha value is -2.84. The van der Waals surface area contributed by atoms with Crippen LogP contribution in [0.15, 0.2) is 12.1 Å². The number of aliphatic carboxylic acids is 1. The number of benzene rings is 1. The van der Waals surface area contributed by atoms with Gasteiger partial charge in [-0.2, -0.15) is 4.80 Å². The minimum atomic E-state index is -1.11. The number of phenolic OH excluding ortho intramolecular Hbond substituents is 2. The lowest BCUT2D eigenvalue weighted by atomic mass is 10.1. The molecule has 0 unspecified atom stereocenters. The number of carbonyl (C=O) groups is 1. The van der Waals surface area contributed by atoms with Crippen LogP contribution in [0.1, 0.15) is 0 Å². The van der Waals surface area contributed by atoms with Crippen molar-refractivity contribution in [2.45, 2.75) is 6.54 Å². The van der Waals surface area contributed by atoms with Gasteiger partial charge in [0, 0.05) is 17.3 Å². The number of nitrogens with zero attached hydrogens (tertiary/aromatic N) is 4. The molecule has 0 fully saturated rings. The third kappa shape index (κ3) is 2.14. The number of carboxylic acids is 1. The average molecular weight is 251 g/mol. The number of anilines is 1. The van der Waals surface area contributed by atoms with Crippen molar-refractivity contribution in [3.63, 3.8) is 0 Å². The summed E-state index contributed by atoms with van der Waals surface area (Å²) in [5.74, 6) is -1.80. The molecule has 9 heteroatoms. The number of aromatic nitrogens is 4. The number of nitrogens with two attached hydrogens (primary N) is 1. The van der Waals surface area contributed by atoms with Gasteiger partial charge in [-0.25, -0.2) is 0 Å². The normalized spacial score (nSPS) is 10.4. The minimum absolute atomic E-state index is 0.0593. The molecule has 0 spiro atoms. The van der Waals surface area contributed by atoms with Gasteiger partial charge in [-0.1, -0.05) is 0 Å². The summed E-state index contributed by atoms with van der Waals surface area (Å²) in [6, 6.07) is 2.31. The smallest absolute Gasteiger partial charge is 0.327 e. The molecule has 0 aliphatic heterocycles. The van der Waals surface area contributed by atoms with E-state index in [0.29, 0.717) is 0 Å². The van der Waals surface area contributed by atoms with Gasteiger partial charge in [0.2, 0.25) is 5.82 Å². The van der Waals surface area contributed by atoms with Crippen LogP contribution in [0.25, 0.3) is 11.4 Å². The molecule has 9 nitrogen and oxygen atoms in total. The Morgan fingerprint density at radius 2 is 2.00 bits per heavy atom. The fraction of sp³-hybridized carbons (Fsp3) is 0.111. The quantitative estimate of drug-likeness (QED) is 0.321. The number of hydrogen-bond donors (Lipinski definition) is 4. The zero-order valence-corrected chi connectivity index (χ0v) is 8.98. The molecule has 2 rings (SSSR count). The summed E-state index contributed by atoms with van der Waals surface area (Å²) in [7, 11) is 0. The average Bonchev–Trinajstić information content (AvgIpc) is 2.70. The lowest BCUT2D eigenvalue weighted by molar-refractivity contribution is -0.138. The second kappa shape index (κ2) is 4.20. The summed E-state index contributed by atoms with van der Waals surface area (Å²) < 4.78 is 0.